The van der Waals surface area contributed by atoms with E-state index in [4.69, 9.17) is 18.9 Å². The molecule has 7 nitrogen and oxygen atoms in total. The Labute approximate surface area is 214 Å². The first kappa shape index (κ1) is 29.7. The Kier molecular flexibility index (Phi) is 13.4. The summed E-state index contributed by atoms with van der Waals surface area (Å²) in [5, 5.41) is 5.96. The first-order valence-electron chi connectivity index (χ1n) is 12.5. The van der Waals surface area contributed by atoms with Gasteiger partial charge in [0.05, 0.1) is 45.2 Å². The fourth-order valence-electron chi connectivity index (χ4n) is 3.38. The summed E-state index contributed by atoms with van der Waals surface area (Å²) in [5.74, 6) is 0. The van der Waals surface area contributed by atoms with Gasteiger partial charge in [-0.2, -0.15) is 0 Å². The number of rotatable bonds is 16. The van der Waals surface area contributed by atoms with Crippen LogP contribution in [0.2, 0.25) is 0 Å². The van der Waals surface area contributed by atoms with Crippen LogP contribution in [0.5, 0.6) is 0 Å². The van der Waals surface area contributed by atoms with Crippen LogP contribution < -0.4 is 10.6 Å². The second-order valence-electron chi connectivity index (χ2n) is 9.52. The van der Waals surface area contributed by atoms with Gasteiger partial charge in [-0.15, -0.1) is 0 Å². The molecule has 0 aromatic heterocycles. The van der Waals surface area contributed by atoms with Crippen LogP contribution in [-0.4, -0.2) is 70.1 Å². The maximum absolute atomic E-state index is 14.5. The van der Waals surface area contributed by atoms with Crippen molar-refractivity contribution in [1.29, 1.82) is 0 Å². The average Bonchev–Trinajstić information content (AvgIpc) is 2.84. The maximum atomic E-state index is 14.5. The minimum Gasteiger partial charge on any atom is -0.444 e. The van der Waals surface area contributed by atoms with E-state index in [-0.39, 0.29) is 25.3 Å². The van der Waals surface area contributed by atoms with Crippen LogP contribution in [0.3, 0.4) is 0 Å². The molecule has 0 radical (unpaired) electrons. The van der Waals surface area contributed by atoms with Crippen LogP contribution in [-0.2, 0) is 18.9 Å². The number of carbonyl (C=O) groups is 1. The molecule has 0 aliphatic heterocycles. The number of amides is 1. The minimum atomic E-state index is -1.15. The third kappa shape index (κ3) is 13.0. The molecular weight excluding hydrogens is 463 g/mol. The molecule has 0 aliphatic rings. The lowest BCUT2D eigenvalue weighted by Crippen LogP contribution is -2.34. The van der Waals surface area contributed by atoms with Crippen molar-refractivity contribution < 1.29 is 28.1 Å². The van der Waals surface area contributed by atoms with Gasteiger partial charge in [0, 0.05) is 13.1 Å². The maximum Gasteiger partial charge on any atom is 0.407 e. The molecule has 0 fully saturated rings. The zero-order chi connectivity index (χ0) is 26.2. The van der Waals surface area contributed by atoms with E-state index < -0.39 is 17.9 Å². The number of carbonyl (C=O) groups excluding carboxylic acids is 1. The summed E-state index contributed by atoms with van der Waals surface area (Å²) < 4.78 is 36.3. The lowest BCUT2D eigenvalue weighted by Gasteiger charge is -2.21. The van der Waals surface area contributed by atoms with Gasteiger partial charge in [0.2, 0.25) is 0 Å². The van der Waals surface area contributed by atoms with Crippen molar-refractivity contribution in [1.82, 2.24) is 10.6 Å². The highest BCUT2D eigenvalue weighted by atomic mass is 19.1. The Bertz CT molecular complexity index is 809. The van der Waals surface area contributed by atoms with Gasteiger partial charge in [-0.25, -0.2) is 9.18 Å². The Balaban J connectivity index is 1.56. The van der Waals surface area contributed by atoms with E-state index in [1.807, 2.05) is 88.4 Å². The molecule has 36 heavy (non-hydrogen) atoms. The summed E-state index contributed by atoms with van der Waals surface area (Å²) in [5.41, 5.74) is 1.64. The number of ether oxygens (including phenoxy) is 4. The van der Waals surface area contributed by atoms with E-state index in [2.05, 4.69) is 10.6 Å². The van der Waals surface area contributed by atoms with Crippen molar-refractivity contribution in [3.8, 4) is 0 Å². The Hall–Kier alpha value is -2.52. The standard InChI is InChI=1S/C28H41FN2O5/c1-22(35-18-17-33-16-15-30-27(32)36-28(2,3)4)20-34-21-25(29)19-31-26(23-11-7-5-8-12-23)24-13-9-6-10-14-24/h5-14,22,25-26,31H,15-21H2,1-4H3,(H,30,32). The van der Waals surface area contributed by atoms with E-state index in [0.29, 0.717) is 33.0 Å². The number of nitrogens with one attached hydrogen (secondary N) is 2. The van der Waals surface area contributed by atoms with Gasteiger partial charge in [-0.1, -0.05) is 60.7 Å². The molecule has 2 N–H and O–H groups in total. The summed E-state index contributed by atoms with van der Waals surface area (Å²) in [6.45, 7) is 9.24. The summed E-state index contributed by atoms with van der Waals surface area (Å²) in [6.07, 6.45) is -1.80. The van der Waals surface area contributed by atoms with Gasteiger partial charge in [0.25, 0.3) is 0 Å². The van der Waals surface area contributed by atoms with Crippen LogP contribution in [0, 0.1) is 0 Å². The first-order chi connectivity index (χ1) is 17.2. The summed E-state index contributed by atoms with van der Waals surface area (Å²) in [4.78, 5) is 11.5. The number of alkyl halides is 1. The average molecular weight is 505 g/mol. The topological polar surface area (TPSA) is 78.0 Å². The molecule has 2 atom stereocenters. The largest absolute Gasteiger partial charge is 0.444 e. The fraction of sp³-hybridized carbons (Fsp3) is 0.536. The second kappa shape index (κ2) is 16.3. The lowest BCUT2D eigenvalue weighted by atomic mass is 9.98. The molecule has 0 heterocycles. The number of halogens is 1. The fourth-order valence-corrected chi connectivity index (χ4v) is 3.38. The predicted molar refractivity (Wildman–Crippen MR) is 139 cm³/mol. The molecule has 0 saturated heterocycles. The Morgan fingerprint density at radius 3 is 2.08 bits per heavy atom. The molecule has 2 aromatic carbocycles. The highest BCUT2D eigenvalue weighted by molar-refractivity contribution is 5.67. The van der Waals surface area contributed by atoms with E-state index in [9.17, 15) is 9.18 Å². The van der Waals surface area contributed by atoms with Gasteiger partial charge in [0.15, 0.2) is 0 Å². The molecule has 200 valence electrons. The second-order valence-corrected chi connectivity index (χ2v) is 9.52. The monoisotopic (exact) mass is 504 g/mol. The van der Waals surface area contributed by atoms with Crippen LogP contribution in [0.1, 0.15) is 44.9 Å². The van der Waals surface area contributed by atoms with Crippen LogP contribution in [0.4, 0.5) is 9.18 Å². The number of alkyl carbamates (subject to hydrolysis) is 1. The minimum absolute atomic E-state index is 0.0101. The molecule has 0 spiro atoms. The summed E-state index contributed by atoms with van der Waals surface area (Å²) in [6, 6.07) is 19.9. The van der Waals surface area contributed by atoms with Crippen molar-refractivity contribution in [2.45, 2.75) is 51.6 Å². The van der Waals surface area contributed by atoms with Gasteiger partial charge in [0.1, 0.15) is 11.8 Å². The molecule has 0 bridgehead atoms. The number of hydrogen-bond acceptors (Lipinski definition) is 6. The third-order valence-electron chi connectivity index (χ3n) is 5.01. The van der Waals surface area contributed by atoms with Crippen molar-refractivity contribution in [2.75, 3.05) is 46.1 Å². The Morgan fingerprint density at radius 1 is 0.889 bits per heavy atom. The van der Waals surface area contributed by atoms with Crippen molar-refractivity contribution in [3.63, 3.8) is 0 Å². The number of benzene rings is 2. The van der Waals surface area contributed by atoms with E-state index in [1.165, 1.54) is 0 Å². The quantitative estimate of drug-likeness (QED) is 0.324. The van der Waals surface area contributed by atoms with Crippen LogP contribution in [0.25, 0.3) is 0 Å². The van der Waals surface area contributed by atoms with Crippen molar-refractivity contribution >= 4 is 6.09 Å². The van der Waals surface area contributed by atoms with E-state index >= 15 is 0 Å². The third-order valence-corrected chi connectivity index (χ3v) is 5.01. The highest BCUT2D eigenvalue weighted by Gasteiger charge is 2.17. The molecule has 0 aliphatic carbocycles. The predicted octanol–water partition coefficient (Wildman–Crippen LogP) is 4.67. The SMILES string of the molecule is CC(COCC(F)CNC(c1ccccc1)c1ccccc1)OCCOCCNC(=O)OC(C)(C)C. The van der Waals surface area contributed by atoms with Gasteiger partial charge in [-0.05, 0) is 38.8 Å². The summed E-state index contributed by atoms with van der Waals surface area (Å²) in [7, 11) is 0. The van der Waals surface area contributed by atoms with Crippen LogP contribution in [0.15, 0.2) is 60.7 Å². The molecule has 2 unspecified atom stereocenters. The van der Waals surface area contributed by atoms with E-state index in [1.54, 1.807) is 0 Å². The molecule has 0 saturated carbocycles. The molecule has 8 heteroatoms. The summed E-state index contributed by atoms with van der Waals surface area (Å²) >= 11 is 0. The van der Waals surface area contributed by atoms with Gasteiger partial charge < -0.3 is 29.6 Å². The highest BCUT2D eigenvalue weighted by Crippen LogP contribution is 2.21. The van der Waals surface area contributed by atoms with Crippen molar-refractivity contribution in [3.05, 3.63) is 71.8 Å². The molecule has 2 rings (SSSR count). The lowest BCUT2D eigenvalue weighted by molar-refractivity contribution is -0.0374. The van der Waals surface area contributed by atoms with Crippen molar-refractivity contribution in [2.24, 2.45) is 0 Å². The zero-order valence-electron chi connectivity index (χ0n) is 21.9. The molecule has 1 amide bonds. The zero-order valence-corrected chi connectivity index (χ0v) is 21.9. The normalized spacial score (nSPS) is 13.4. The Morgan fingerprint density at radius 2 is 1.50 bits per heavy atom. The van der Waals surface area contributed by atoms with Gasteiger partial charge in [-0.3, -0.25) is 0 Å². The van der Waals surface area contributed by atoms with E-state index in [0.717, 1.165) is 11.1 Å². The first-order valence-corrected chi connectivity index (χ1v) is 12.5. The van der Waals surface area contributed by atoms with Crippen LogP contribution >= 0.6 is 0 Å². The number of hydrogen-bond donors (Lipinski definition) is 2. The molecule has 2 aromatic rings. The molecular formula is C28H41FN2O5. The van der Waals surface area contributed by atoms with Gasteiger partial charge >= 0.3 is 6.09 Å². The smallest absolute Gasteiger partial charge is 0.407 e.